The average Bonchev–Trinajstić information content (AvgIpc) is 2.27. The summed E-state index contributed by atoms with van der Waals surface area (Å²) in [6, 6.07) is 8.95. The highest BCUT2D eigenvalue weighted by molar-refractivity contribution is 9.09. The predicted octanol–water partition coefficient (Wildman–Crippen LogP) is 4.53. The molecule has 0 spiro atoms. The minimum absolute atomic E-state index is 0.624. The minimum Gasteiger partial charge on any atom is -0.0881 e. The molecule has 0 N–H and O–H groups in total. The van der Waals surface area contributed by atoms with E-state index in [9.17, 15) is 0 Å². The van der Waals surface area contributed by atoms with Gasteiger partial charge in [0.15, 0.2) is 0 Å². The molecule has 1 aromatic carbocycles. The molecular formula is C14H19Br. The highest BCUT2D eigenvalue weighted by atomic mass is 79.9. The number of benzene rings is 1. The summed E-state index contributed by atoms with van der Waals surface area (Å²) >= 11 is 3.87. The molecular weight excluding hydrogens is 248 g/mol. The Morgan fingerprint density at radius 1 is 1.27 bits per heavy atom. The van der Waals surface area contributed by atoms with E-state index in [0.717, 1.165) is 5.92 Å². The Balaban J connectivity index is 2.29. The first kappa shape index (κ1) is 11.2. The number of rotatable bonds is 2. The summed E-state index contributed by atoms with van der Waals surface area (Å²) in [6.45, 7) is 4.60. The van der Waals surface area contributed by atoms with Crippen LogP contribution in [0.2, 0.25) is 0 Å². The lowest BCUT2D eigenvalue weighted by molar-refractivity contribution is 0.468. The van der Waals surface area contributed by atoms with Crippen molar-refractivity contribution in [3.63, 3.8) is 0 Å². The smallest absolute Gasteiger partial charge is 0.0237 e. The molecule has 0 amide bonds. The van der Waals surface area contributed by atoms with Crippen LogP contribution in [0.1, 0.15) is 43.7 Å². The van der Waals surface area contributed by atoms with E-state index in [1.807, 2.05) is 0 Å². The van der Waals surface area contributed by atoms with E-state index in [-0.39, 0.29) is 0 Å². The zero-order valence-electron chi connectivity index (χ0n) is 9.54. The Bertz CT molecular complexity index is 330. The van der Waals surface area contributed by atoms with Gasteiger partial charge in [0.05, 0.1) is 0 Å². The average molecular weight is 267 g/mol. The minimum atomic E-state index is 0.624. The van der Waals surface area contributed by atoms with E-state index in [2.05, 4.69) is 54.0 Å². The molecule has 15 heavy (non-hydrogen) atoms. The molecule has 2 atom stereocenters. The van der Waals surface area contributed by atoms with Crippen molar-refractivity contribution in [2.75, 3.05) is 0 Å². The Morgan fingerprint density at radius 3 is 2.73 bits per heavy atom. The second-order valence-electron chi connectivity index (χ2n) is 4.89. The molecule has 1 aromatic rings. The van der Waals surface area contributed by atoms with Crippen molar-refractivity contribution < 1.29 is 0 Å². The van der Waals surface area contributed by atoms with Crippen molar-refractivity contribution in [3.8, 4) is 0 Å². The summed E-state index contributed by atoms with van der Waals surface area (Å²) in [5.74, 6) is 1.43. The summed E-state index contributed by atoms with van der Waals surface area (Å²) in [6.07, 6.45) is 3.95. The lowest BCUT2D eigenvalue weighted by Gasteiger charge is -2.31. The van der Waals surface area contributed by atoms with Crippen molar-refractivity contribution in [2.45, 2.75) is 43.9 Å². The number of aryl methyl sites for hydroxylation is 1. The van der Waals surface area contributed by atoms with Gasteiger partial charge in [0.2, 0.25) is 0 Å². The molecule has 0 nitrogen and oxygen atoms in total. The van der Waals surface area contributed by atoms with Crippen LogP contribution in [-0.4, -0.2) is 4.83 Å². The molecule has 1 heteroatoms. The second kappa shape index (κ2) is 4.69. The van der Waals surface area contributed by atoms with Crippen LogP contribution in [0.15, 0.2) is 24.3 Å². The van der Waals surface area contributed by atoms with E-state index < -0.39 is 0 Å². The largest absolute Gasteiger partial charge is 0.0881 e. The molecule has 0 aliphatic heterocycles. The van der Waals surface area contributed by atoms with Crippen LogP contribution >= 0.6 is 15.9 Å². The van der Waals surface area contributed by atoms with E-state index in [4.69, 9.17) is 0 Å². The molecule has 0 heterocycles. The molecule has 0 radical (unpaired) electrons. The molecule has 82 valence electrons. The van der Waals surface area contributed by atoms with Gasteiger partial charge in [0.25, 0.3) is 0 Å². The maximum atomic E-state index is 3.87. The highest BCUT2D eigenvalue weighted by Gasteiger charge is 2.27. The first-order valence-corrected chi connectivity index (χ1v) is 6.83. The van der Waals surface area contributed by atoms with Gasteiger partial charge in [-0.2, -0.15) is 0 Å². The van der Waals surface area contributed by atoms with Crippen LogP contribution in [-0.2, 0) is 6.42 Å². The van der Waals surface area contributed by atoms with Gasteiger partial charge in [-0.3, -0.25) is 0 Å². The van der Waals surface area contributed by atoms with E-state index >= 15 is 0 Å². The molecule has 1 aliphatic carbocycles. The van der Waals surface area contributed by atoms with Crippen LogP contribution < -0.4 is 0 Å². The summed E-state index contributed by atoms with van der Waals surface area (Å²) in [5, 5.41) is 0. The molecule has 0 fully saturated rings. The molecule has 1 aliphatic rings. The Kier molecular flexibility index (Phi) is 3.50. The Labute approximate surface area is 101 Å². The van der Waals surface area contributed by atoms with E-state index in [1.54, 1.807) is 11.1 Å². The van der Waals surface area contributed by atoms with Gasteiger partial charge in [0.1, 0.15) is 0 Å². The Morgan fingerprint density at radius 2 is 2.00 bits per heavy atom. The van der Waals surface area contributed by atoms with Gasteiger partial charge < -0.3 is 0 Å². The van der Waals surface area contributed by atoms with Gasteiger partial charge in [0, 0.05) is 4.83 Å². The number of fused-ring (bicyclic) bond motifs is 1. The third-order valence-electron chi connectivity index (χ3n) is 3.44. The lowest BCUT2D eigenvalue weighted by Crippen LogP contribution is -2.22. The topological polar surface area (TPSA) is 0 Å². The summed E-state index contributed by atoms with van der Waals surface area (Å²) < 4.78 is 0. The first-order valence-electron chi connectivity index (χ1n) is 5.92. The number of halogens is 1. The highest BCUT2D eigenvalue weighted by Crippen LogP contribution is 2.39. The van der Waals surface area contributed by atoms with Crippen LogP contribution in [0.5, 0.6) is 0 Å². The molecule has 2 unspecified atom stereocenters. The lowest BCUT2D eigenvalue weighted by atomic mass is 9.79. The van der Waals surface area contributed by atoms with Gasteiger partial charge in [-0.15, -0.1) is 0 Å². The zero-order valence-corrected chi connectivity index (χ0v) is 11.1. The molecule has 0 saturated carbocycles. The monoisotopic (exact) mass is 266 g/mol. The fraction of sp³-hybridized carbons (Fsp3) is 0.571. The fourth-order valence-electron chi connectivity index (χ4n) is 2.59. The van der Waals surface area contributed by atoms with E-state index in [1.165, 1.54) is 19.3 Å². The van der Waals surface area contributed by atoms with Crippen LogP contribution in [0.25, 0.3) is 0 Å². The van der Waals surface area contributed by atoms with Crippen molar-refractivity contribution >= 4 is 15.9 Å². The van der Waals surface area contributed by atoms with Crippen molar-refractivity contribution in [2.24, 2.45) is 5.92 Å². The fourth-order valence-corrected chi connectivity index (χ4v) is 3.14. The standard InChI is InChI=1S/C14H19Br/c1-10(2)14(15)13-9-5-7-11-6-3-4-8-12(11)13/h3-4,6,8,10,13-14H,5,7,9H2,1-2H3. The third kappa shape index (κ3) is 2.28. The maximum absolute atomic E-state index is 3.87. The van der Waals surface area contributed by atoms with Crippen molar-refractivity contribution in [1.29, 1.82) is 0 Å². The van der Waals surface area contributed by atoms with Gasteiger partial charge in [-0.25, -0.2) is 0 Å². The zero-order chi connectivity index (χ0) is 10.8. The van der Waals surface area contributed by atoms with Gasteiger partial charge in [-0.05, 0) is 42.2 Å². The van der Waals surface area contributed by atoms with Crippen LogP contribution in [0, 0.1) is 5.92 Å². The number of alkyl halides is 1. The van der Waals surface area contributed by atoms with Crippen LogP contribution in [0.3, 0.4) is 0 Å². The van der Waals surface area contributed by atoms with E-state index in [0.29, 0.717) is 10.7 Å². The quantitative estimate of drug-likeness (QED) is 0.691. The molecule has 0 aromatic heterocycles. The first-order chi connectivity index (χ1) is 7.20. The molecule has 0 saturated heterocycles. The maximum Gasteiger partial charge on any atom is 0.0237 e. The summed E-state index contributed by atoms with van der Waals surface area (Å²) in [5.41, 5.74) is 3.15. The predicted molar refractivity (Wildman–Crippen MR) is 69.7 cm³/mol. The van der Waals surface area contributed by atoms with Crippen molar-refractivity contribution in [1.82, 2.24) is 0 Å². The van der Waals surface area contributed by atoms with Crippen molar-refractivity contribution in [3.05, 3.63) is 35.4 Å². The van der Waals surface area contributed by atoms with Gasteiger partial charge >= 0.3 is 0 Å². The third-order valence-corrected chi connectivity index (χ3v) is 5.13. The second-order valence-corrected chi connectivity index (χ2v) is 5.94. The molecule has 2 rings (SSSR count). The number of hydrogen-bond acceptors (Lipinski definition) is 0. The van der Waals surface area contributed by atoms with Crippen LogP contribution in [0.4, 0.5) is 0 Å². The SMILES string of the molecule is CC(C)C(Br)C1CCCc2ccccc21. The van der Waals surface area contributed by atoms with Gasteiger partial charge in [-0.1, -0.05) is 54.0 Å². The normalized spacial score (nSPS) is 22.5. The summed E-state index contributed by atoms with van der Waals surface area (Å²) in [7, 11) is 0. The Hall–Kier alpha value is -0.300. The molecule has 0 bridgehead atoms. The number of hydrogen-bond donors (Lipinski definition) is 0. The summed E-state index contributed by atoms with van der Waals surface area (Å²) in [4.78, 5) is 0.624.